The fourth-order valence-corrected chi connectivity index (χ4v) is 3.00. The minimum absolute atomic E-state index is 0.0971. The lowest BCUT2D eigenvalue weighted by Gasteiger charge is -2.20. The highest BCUT2D eigenvalue weighted by Gasteiger charge is 2.20. The third-order valence-corrected chi connectivity index (χ3v) is 4.68. The van der Waals surface area contributed by atoms with Crippen LogP contribution in [0.1, 0.15) is 46.9 Å². The highest BCUT2D eigenvalue weighted by Crippen LogP contribution is 2.19. The number of hydrogen-bond donors (Lipinski definition) is 3. The molecule has 0 aliphatic carbocycles. The van der Waals surface area contributed by atoms with Crippen LogP contribution in [0.3, 0.4) is 0 Å². The van der Waals surface area contributed by atoms with E-state index >= 15 is 0 Å². The van der Waals surface area contributed by atoms with Gasteiger partial charge in [0.25, 0.3) is 5.91 Å². The first kappa shape index (κ1) is 20.2. The maximum Gasteiger partial charge on any atom is 0.255 e. The molecule has 0 spiro atoms. The summed E-state index contributed by atoms with van der Waals surface area (Å²) in [5, 5.41) is 5.79. The normalized spacial score (nSPS) is 12.6. The number of hydrogen-bond acceptors (Lipinski definition) is 4. The molecule has 0 aliphatic rings. The van der Waals surface area contributed by atoms with Gasteiger partial charge in [-0.2, -0.15) is 0 Å². The minimum atomic E-state index is -0.815. The lowest BCUT2D eigenvalue weighted by atomic mass is 10.0. The van der Waals surface area contributed by atoms with Gasteiger partial charge in [0, 0.05) is 23.6 Å². The quantitative estimate of drug-likeness (QED) is 0.576. The van der Waals surface area contributed by atoms with Gasteiger partial charge in [-0.25, -0.2) is 0 Å². The molecule has 2 atom stereocenters. The molecule has 3 rings (SSSR count). The molecule has 2 aromatic carbocycles. The Bertz CT molecular complexity index is 944. The molecule has 6 nitrogen and oxygen atoms in total. The Hall–Kier alpha value is -3.51. The van der Waals surface area contributed by atoms with E-state index in [1.807, 2.05) is 37.3 Å². The van der Waals surface area contributed by atoms with Gasteiger partial charge in [-0.15, -0.1) is 0 Å². The topological polar surface area (TPSA) is 97.1 Å². The summed E-state index contributed by atoms with van der Waals surface area (Å²) in [7, 11) is 0. The third kappa shape index (κ3) is 5.27. The Balaban J connectivity index is 1.64. The Kier molecular flexibility index (Phi) is 6.71. The van der Waals surface area contributed by atoms with Crippen LogP contribution >= 0.6 is 0 Å². The average molecular weight is 388 g/mol. The van der Waals surface area contributed by atoms with Crippen LogP contribution in [-0.2, 0) is 4.79 Å². The Labute approximate surface area is 170 Å². The highest BCUT2D eigenvalue weighted by atomic mass is 16.2. The van der Waals surface area contributed by atoms with Crippen LogP contribution in [0.15, 0.2) is 79.1 Å². The lowest BCUT2D eigenvalue weighted by Crippen LogP contribution is -2.36. The van der Waals surface area contributed by atoms with E-state index in [9.17, 15) is 9.59 Å². The molecule has 4 N–H and O–H groups in total. The van der Waals surface area contributed by atoms with Gasteiger partial charge in [0.1, 0.15) is 6.04 Å². The van der Waals surface area contributed by atoms with Crippen molar-refractivity contribution in [3.63, 3.8) is 0 Å². The largest absolute Gasteiger partial charge is 0.348 e. The van der Waals surface area contributed by atoms with Crippen LogP contribution in [0, 0.1) is 0 Å². The number of benzene rings is 2. The number of carbonyl (C=O) groups is 2. The molecule has 1 aromatic heterocycles. The molecular formula is C23H24N4O2. The first-order valence-corrected chi connectivity index (χ1v) is 9.50. The summed E-state index contributed by atoms with van der Waals surface area (Å²) in [5.41, 5.74) is 8.98. The second-order valence-corrected chi connectivity index (χ2v) is 6.67. The minimum Gasteiger partial charge on any atom is -0.348 e. The van der Waals surface area contributed by atoms with E-state index in [-0.39, 0.29) is 17.9 Å². The van der Waals surface area contributed by atoms with Crippen molar-refractivity contribution in [1.29, 1.82) is 0 Å². The summed E-state index contributed by atoms with van der Waals surface area (Å²) in [6.07, 6.45) is 3.97. The molecule has 0 radical (unpaired) electrons. The molecule has 2 amide bonds. The van der Waals surface area contributed by atoms with Crippen molar-refractivity contribution in [2.24, 2.45) is 5.73 Å². The Morgan fingerprint density at radius 1 is 0.931 bits per heavy atom. The zero-order valence-electron chi connectivity index (χ0n) is 16.2. The summed E-state index contributed by atoms with van der Waals surface area (Å²) in [4.78, 5) is 28.9. The number of nitrogens with zero attached hydrogens (tertiary/aromatic N) is 1. The average Bonchev–Trinajstić information content (AvgIpc) is 2.78. The van der Waals surface area contributed by atoms with Gasteiger partial charge < -0.3 is 16.4 Å². The van der Waals surface area contributed by atoms with E-state index in [2.05, 4.69) is 15.6 Å². The summed E-state index contributed by atoms with van der Waals surface area (Å²) in [6.45, 7) is 2.01. The zero-order chi connectivity index (χ0) is 20.6. The van der Waals surface area contributed by atoms with Gasteiger partial charge in [-0.05, 0) is 41.8 Å². The summed E-state index contributed by atoms with van der Waals surface area (Å²) in [5.74, 6) is -0.495. The van der Waals surface area contributed by atoms with E-state index < -0.39 is 6.04 Å². The van der Waals surface area contributed by atoms with Gasteiger partial charge in [-0.3, -0.25) is 14.6 Å². The van der Waals surface area contributed by atoms with Gasteiger partial charge in [-0.1, -0.05) is 49.4 Å². The molecule has 29 heavy (non-hydrogen) atoms. The Morgan fingerprint density at radius 3 is 2.21 bits per heavy atom. The number of carbonyl (C=O) groups excluding carboxylic acids is 2. The van der Waals surface area contributed by atoms with E-state index in [1.165, 1.54) is 0 Å². The van der Waals surface area contributed by atoms with Crippen molar-refractivity contribution in [3.05, 3.63) is 95.8 Å². The number of nitrogens with one attached hydrogen (secondary N) is 2. The van der Waals surface area contributed by atoms with Gasteiger partial charge >= 0.3 is 0 Å². The van der Waals surface area contributed by atoms with Crippen LogP contribution in [0.4, 0.5) is 5.69 Å². The van der Waals surface area contributed by atoms with E-state index in [1.54, 1.807) is 48.8 Å². The summed E-state index contributed by atoms with van der Waals surface area (Å²) in [6, 6.07) is 19.0. The van der Waals surface area contributed by atoms with E-state index in [4.69, 9.17) is 5.73 Å². The third-order valence-electron chi connectivity index (χ3n) is 4.68. The molecule has 0 saturated carbocycles. The first-order chi connectivity index (χ1) is 14.1. The molecule has 6 heteroatoms. The molecule has 0 saturated heterocycles. The van der Waals surface area contributed by atoms with Crippen molar-refractivity contribution >= 4 is 17.5 Å². The number of aromatic nitrogens is 1. The van der Waals surface area contributed by atoms with Crippen LogP contribution in [0.5, 0.6) is 0 Å². The van der Waals surface area contributed by atoms with Crippen LogP contribution in [0.25, 0.3) is 0 Å². The van der Waals surface area contributed by atoms with E-state index in [0.717, 1.165) is 12.0 Å². The smallest absolute Gasteiger partial charge is 0.255 e. The zero-order valence-corrected chi connectivity index (χ0v) is 16.2. The number of rotatable bonds is 7. The number of amides is 2. The lowest BCUT2D eigenvalue weighted by molar-refractivity contribution is -0.123. The fourth-order valence-electron chi connectivity index (χ4n) is 3.00. The molecule has 1 unspecified atom stereocenters. The van der Waals surface area contributed by atoms with Crippen molar-refractivity contribution in [2.75, 3.05) is 5.32 Å². The standard InChI is InChI=1S/C23H24N4O2/c1-2-20(16-6-4-3-5-7-16)27-23(29)21(24)17-8-10-18(11-9-17)22(28)26-19-12-14-25-15-13-19/h3-15,20-21H,2,24H2,1H3,(H,27,29)(H,25,26,28)/t20-,21?/m0/s1. The summed E-state index contributed by atoms with van der Waals surface area (Å²) >= 11 is 0. The predicted molar refractivity (Wildman–Crippen MR) is 113 cm³/mol. The molecule has 1 heterocycles. The molecule has 0 bridgehead atoms. The molecule has 148 valence electrons. The Morgan fingerprint density at radius 2 is 1.59 bits per heavy atom. The second-order valence-electron chi connectivity index (χ2n) is 6.67. The SMILES string of the molecule is CC[C@H](NC(=O)C(N)c1ccc(C(=O)Nc2ccncc2)cc1)c1ccccc1. The second kappa shape index (κ2) is 9.61. The maximum atomic E-state index is 12.6. The fraction of sp³-hybridized carbons (Fsp3) is 0.174. The maximum absolute atomic E-state index is 12.6. The van der Waals surface area contributed by atoms with Gasteiger partial charge in [0.2, 0.25) is 5.91 Å². The summed E-state index contributed by atoms with van der Waals surface area (Å²) < 4.78 is 0. The monoisotopic (exact) mass is 388 g/mol. The van der Waals surface area contributed by atoms with Crippen molar-refractivity contribution in [3.8, 4) is 0 Å². The highest BCUT2D eigenvalue weighted by molar-refractivity contribution is 6.04. The molecular weight excluding hydrogens is 364 g/mol. The number of nitrogens with two attached hydrogens (primary N) is 1. The molecule has 0 fully saturated rings. The molecule has 0 aliphatic heterocycles. The number of pyridine rings is 1. The van der Waals surface area contributed by atoms with Gasteiger partial charge in [0.05, 0.1) is 6.04 Å². The molecule has 3 aromatic rings. The van der Waals surface area contributed by atoms with Crippen LogP contribution in [0.2, 0.25) is 0 Å². The number of anilines is 1. The van der Waals surface area contributed by atoms with Crippen molar-refractivity contribution in [1.82, 2.24) is 10.3 Å². The predicted octanol–water partition coefficient (Wildman–Crippen LogP) is 3.60. The van der Waals surface area contributed by atoms with Gasteiger partial charge in [0.15, 0.2) is 0 Å². The van der Waals surface area contributed by atoms with E-state index in [0.29, 0.717) is 16.8 Å². The first-order valence-electron chi connectivity index (χ1n) is 9.50. The van der Waals surface area contributed by atoms with Crippen molar-refractivity contribution < 1.29 is 9.59 Å². The van der Waals surface area contributed by atoms with Crippen LogP contribution in [-0.4, -0.2) is 16.8 Å². The van der Waals surface area contributed by atoms with Crippen molar-refractivity contribution in [2.45, 2.75) is 25.4 Å². The van der Waals surface area contributed by atoms with Crippen LogP contribution < -0.4 is 16.4 Å².